The van der Waals surface area contributed by atoms with Gasteiger partial charge in [-0.15, -0.1) is 5.73 Å². The molecule has 0 aromatic rings. The Hall–Kier alpha value is -1.78. The van der Waals surface area contributed by atoms with E-state index in [1.165, 1.54) is 148 Å². The number of hydrogen-bond donors (Lipinski definition) is 4. The molecule has 358 valence electrons. The van der Waals surface area contributed by atoms with Gasteiger partial charge in [-0.3, -0.25) is 9.59 Å². The fourth-order valence-corrected chi connectivity index (χ4v) is 7.87. The van der Waals surface area contributed by atoms with Crippen LogP contribution in [0.1, 0.15) is 239 Å². The molecule has 1 aliphatic heterocycles. The second kappa shape index (κ2) is 42.2. The van der Waals surface area contributed by atoms with E-state index in [9.17, 15) is 30.0 Å². The van der Waals surface area contributed by atoms with Crippen LogP contribution in [0.3, 0.4) is 0 Å². The number of carbonyl (C=O) groups is 2. The molecule has 61 heavy (non-hydrogen) atoms. The van der Waals surface area contributed by atoms with Gasteiger partial charge in [0, 0.05) is 12.8 Å². The highest BCUT2D eigenvalue weighted by Crippen LogP contribution is 2.23. The van der Waals surface area contributed by atoms with Gasteiger partial charge in [0.25, 0.3) is 0 Å². The summed E-state index contributed by atoms with van der Waals surface area (Å²) in [7, 11) is 0. The maximum absolute atomic E-state index is 12.8. The molecule has 0 aromatic heterocycles. The van der Waals surface area contributed by atoms with E-state index in [0.29, 0.717) is 6.42 Å². The highest BCUT2D eigenvalue weighted by molar-refractivity contribution is 5.70. The molecular formula is C51H94O10. The number of esters is 2. The SMILES string of the molecule is CCCCCCCC=C=CCCCCCCCC(=O)O[C@@H](COC(=O)CCCCCCCCCCCCCCCCCCCCCCC)CO[C@H]1O[C@@H](CO)[C@@H](O)C(O)C1O. The Bertz CT molecular complexity index is 1060. The van der Waals surface area contributed by atoms with Crippen LogP contribution in [0.25, 0.3) is 0 Å². The molecule has 1 fully saturated rings. The molecule has 1 aliphatic rings. The van der Waals surface area contributed by atoms with E-state index in [1.807, 2.05) is 0 Å². The summed E-state index contributed by atoms with van der Waals surface area (Å²) in [4.78, 5) is 25.4. The second-order valence-corrected chi connectivity index (χ2v) is 17.7. The average molecular weight is 867 g/mol. The van der Waals surface area contributed by atoms with Crippen LogP contribution in [0.2, 0.25) is 0 Å². The lowest BCUT2D eigenvalue weighted by Gasteiger charge is -2.39. The number of ether oxygens (including phenoxy) is 4. The van der Waals surface area contributed by atoms with Crippen molar-refractivity contribution in [2.75, 3.05) is 19.8 Å². The fourth-order valence-electron chi connectivity index (χ4n) is 7.87. The molecule has 0 radical (unpaired) electrons. The summed E-state index contributed by atoms with van der Waals surface area (Å²) in [6.07, 6.45) is 37.1. The van der Waals surface area contributed by atoms with E-state index in [2.05, 4.69) is 31.7 Å². The van der Waals surface area contributed by atoms with E-state index in [1.54, 1.807) is 0 Å². The van der Waals surface area contributed by atoms with E-state index in [4.69, 9.17) is 18.9 Å². The minimum atomic E-state index is -1.60. The van der Waals surface area contributed by atoms with Gasteiger partial charge >= 0.3 is 11.9 Å². The van der Waals surface area contributed by atoms with Gasteiger partial charge < -0.3 is 39.4 Å². The number of allylic oxidation sites excluding steroid dienone is 1. The van der Waals surface area contributed by atoms with Crippen LogP contribution in [-0.2, 0) is 28.5 Å². The normalized spacial score (nSPS) is 19.3. The van der Waals surface area contributed by atoms with Crippen LogP contribution in [0.15, 0.2) is 17.9 Å². The largest absolute Gasteiger partial charge is 0.462 e. The van der Waals surface area contributed by atoms with Crippen molar-refractivity contribution in [3.8, 4) is 0 Å². The molecule has 6 atom stereocenters. The van der Waals surface area contributed by atoms with Gasteiger partial charge in [0.2, 0.25) is 0 Å². The van der Waals surface area contributed by atoms with Gasteiger partial charge in [-0.1, -0.05) is 187 Å². The Morgan fingerprint density at radius 2 is 0.918 bits per heavy atom. The first-order valence-electron chi connectivity index (χ1n) is 25.5. The molecule has 1 heterocycles. The van der Waals surface area contributed by atoms with Gasteiger partial charge in [0.05, 0.1) is 13.2 Å². The number of unbranched alkanes of at least 4 members (excludes halogenated alkanes) is 30. The highest BCUT2D eigenvalue weighted by atomic mass is 16.7. The molecule has 0 spiro atoms. The zero-order chi connectivity index (χ0) is 44.4. The Kier molecular flexibility index (Phi) is 39.6. The van der Waals surface area contributed by atoms with Crippen LogP contribution in [-0.4, -0.2) is 89.0 Å². The van der Waals surface area contributed by atoms with Crippen molar-refractivity contribution in [2.45, 2.75) is 275 Å². The summed E-state index contributed by atoms with van der Waals surface area (Å²) in [5.41, 5.74) is 3.30. The molecule has 0 aromatic carbocycles. The average Bonchev–Trinajstić information content (AvgIpc) is 3.26. The number of carbonyl (C=O) groups excluding carboxylic acids is 2. The quantitative estimate of drug-likeness (QED) is 0.0265. The number of hydrogen-bond acceptors (Lipinski definition) is 10. The molecule has 0 saturated carbocycles. The van der Waals surface area contributed by atoms with Crippen LogP contribution in [0.5, 0.6) is 0 Å². The third-order valence-electron chi connectivity index (χ3n) is 11.9. The second-order valence-electron chi connectivity index (χ2n) is 17.7. The summed E-state index contributed by atoms with van der Waals surface area (Å²) in [6, 6.07) is 0. The smallest absolute Gasteiger partial charge is 0.306 e. The topological polar surface area (TPSA) is 152 Å². The molecule has 2 unspecified atom stereocenters. The zero-order valence-electron chi connectivity index (χ0n) is 39.2. The summed E-state index contributed by atoms with van der Waals surface area (Å²) < 4.78 is 22.2. The predicted molar refractivity (Wildman–Crippen MR) is 246 cm³/mol. The predicted octanol–water partition coefficient (Wildman–Crippen LogP) is 11.7. The molecule has 0 amide bonds. The van der Waals surface area contributed by atoms with Crippen molar-refractivity contribution in [1.82, 2.24) is 0 Å². The first kappa shape index (κ1) is 57.2. The first-order chi connectivity index (χ1) is 29.8. The standard InChI is InChI=1S/C51H94O10/c1-3-5-7-9-11-13-15-17-19-20-21-22-23-24-26-27-29-31-33-35-37-39-46(53)58-42-44(43-59-51-50(57)49(56)48(55)45(41-52)61-51)60-47(54)40-38-36-34-32-30-28-25-18-16-14-12-10-8-6-4-2/h16,25,44-45,48-52,55-57H,3-15,17,19-24,26-43H2,1-2H3/t18?,44-,45-,48+,49?,50?,51-/m0/s1. The summed E-state index contributed by atoms with van der Waals surface area (Å²) in [5, 5.41) is 40.2. The van der Waals surface area contributed by atoms with Crippen molar-refractivity contribution in [3.63, 3.8) is 0 Å². The molecule has 0 bridgehead atoms. The van der Waals surface area contributed by atoms with Crippen molar-refractivity contribution >= 4 is 11.9 Å². The number of rotatable bonds is 43. The van der Waals surface area contributed by atoms with Crippen LogP contribution >= 0.6 is 0 Å². The van der Waals surface area contributed by atoms with Crippen molar-refractivity contribution in [3.05, 3.63) is 17.9 Å². The van der Waals surface area contributed by atoms with Gasteiger partial charge in [0.15, 0.2) is 12.4 Å². The van der Waals surface area contributed by atoms with Gasteiger partial charge in [-0.05, 0) is 50.7 Å². The third-order valence-corrected chi connectivity index (χ3v) is 11.9. The van der Waals surface area contributed by atoms with E-state index in [0.717, 1.165) is 57.8 Å². The summed E-state index contributed by atoms with van der Waals surface area (Å²) in [6.45, 7) is 3.42. The fraction of sp³-hybridized carbons (Fsp3) is 0.902. The van der Waals surface area contributed by atoms with Crippen LogP contribution < -0.4 is 0 Å². The lowest BCUT2D eigenvalue weighted by Crippen LogP contribution is -2.59. The Morgan fingerprint density at radius 1 is 0.525 bits per heavy atom. The van der Waals surface area contributed by atoms with Crippen LogP contribution in [0, 0.1) is 0 Å². The maximum Gasteiger partial charge on any atom is 0.306 e. The number of aliphatic hydroxyl groups is 4. The van der Waals surface area contributed by atoms with E-state index < -0.39 is 49.4 Å². The minimum absolute atomic E-state index is 0.213. The Balaban J connectivity index is 2.25. The molecule has 4 N–H and O–H groups in total. The van der Waals surface area contributed by atoms with E-state index >= 15 is 0 Å². The van der Waals surface area contributed by atoms with Gasteiger partial charge in [0.1, 0.15) is 31.0 Å². The lowest BCUT2D eigenvalue weighted by atomic mass is 9.99. The van der Waals surface area contributed by atoms with Crippen LogP contribution in [0.4, 0.5) is 0 Å². The van der Waals surface area contributed by atoms with Gasteiger partial charge in [-0.2, -0.15) is 0 Å². The Labute approximate surface area is 373 Å². The van der Waals surface area contributed by atoms with Crippen molar-refractivity contribution < 1.29 is 49.0 Å². The minimum Gasteiger partial charge on any atom is -0.462 e. The third kappa shape index (κ3) is 33.4. The number of aliphatic hydroxyl groups excluding tert-OH is 4. The summed E-state index contributed by atoms with van der Waals surface area (Å²) >= 11 is 0. The molecule has 10 nitrogen and oxygen atoms in total. The van der Waals surface area contributed by atoms with Crippen molar-refractivity contribution in [2.24, 2.45) is 0 Å². The monoisotopic (exact) mass is 867 g/mol. The maximum atomic E-state index is 12.8. The summed E-state index contributed by atoms with van der Waals surface area (Å²) in [5.74, 6) is -0.815. The van der Waals surface area contributed by atoms with Gasteiger partial charge in [-0.25, -0.2) is 0 Å². The molecule has 1 rings (SSSR count). The molecule has 0 aliphatic carbocycles. The first-order valence-corrected chi connectivity index (χ1v) is 25.5. The molecule has 10 heteroatoms. The highest BCUT2D eigenvalue weighted by Gasteiger charge is 2.44. The molecule has 1 saturated heterocycles. The zero-order valence-corrected chi connectivity index (χ0v) is 39.2. The van der Waals surface area contributed by atoms with Crippen molar-refractivity contribution in [1.29, 1.82) is 0 Å². The molecular weight excluding hydrogens is 773 g/mol. The Morgan fingerprint density at radius 3 is 1.34 bits per heavy atom. The lowest BCUT2D eigenvalue weighted by molar-refractivity contribution is -0.305. The van der Waals surface area contributed by atoms with E-state index in [-0.39, 0.29) is 32.0 Å².